The Balaban J connectivity index is 1.74. The molecule has 1 fully saturated rings. The lowest BCUT2D eigenvalue weighted by Gasteiger charge is -2.13. The number of amides is 3. The molecule has 0 atom stereocenters. The van der Waals surface area contributed by atoms with Crippen LogP contribution in [0, 0.1) is 3.57 Å². The first kappa shape index (κ1) is 24.9. The van der Waals surface area contributed by atoms with Crippen LogP contribution in [0.15, 0.2) is 41.3 Å². The summed E-state index contributed by atoms with van der Waals surface area (Å²) in [6.07, 6.45) is -3.08. The summed E-state index contributed by atoms with van der Waals surface area (Å²) in [4.78, 5) is 38.1. The van der Waals surface area contributed by atoms with Crippen molar-refractivity contribution in [3.8, 4) is 11.5 Å². The Morgan fingerprint density at radius 2 is 1.91 bits per heavy atom. The Kier molecular flexibility index (Phi) is 7.57. The molecular weight excluding hydrogens is 576 g/mol. The number of ether oxygens (including phenoxy) is 2. The summed E-state index contributed by atoms with van der Waals surface area (Å²) in [5.41, 5.74) is -0.452. The van der Waals surface area contributed by atoms with E-state index in [2.05, 4.69) is 5.32 Å². The maximum absolute atomic E-state index is 12.8. The monoisotopic (exact) mass is 592 g/mol. The summed E-state index contributed by atoms with van der Waals surface area (Å²) in [7, 11) is 2.96. The Morgan fingerprint density at radius 3 is 2.55 bits per heavy atom. The Bertz CT molecular complexity index is 1150. The van der Waals surface area contributed by atoms with Gasteiger partial charge in [0.25, 0.3) is 11.1 Å². The second-order valence-electron chi connectivity index (χ2n) is 6.63. The van der Waals surface area contributed by atoms with Crippen LogP contribution in [0.3, 0.4) is 0 Å². The second kappa shape index (κ2) is 10.0. The van der Waals surface area contributed by atoms with Gasteiger partial charge in [-0.05, 0) is 76.3 Å². The maximum Gasteiger partial charge on any atom is 0.416 e. The third kappa shape index (κ3) is 5.79. The van der Waals surface area contributed by atoms with Gasteiger partial charge in [-0.25, -0.2) is 0 Å². The number of halogens is 4. The average Bonchev–Trinajstić information content (AvgIpc) is 3.00. The van der Waals surface area contributed by atoms with Crippen LogP contribution in [0.1, 0.15) is 11.1 Å². The zero-order chi connectivity index (χ0) is 24.3. The number of rotatable bonds is 6. The predicted molar refractivity (Wildman–Crippen MR) is 125 cm³/mol. The number of nitrogens with zero attached hydrogens (tertiary/aromatic N) is 1. The van der Waals surface area contributed by atoms with Crippen LogP contribution in [0.25, 0.3) is 6.08 Å². The molecule has 33 heavy (non-hydrogen) atoms. The van der Waals surface area contributed by atoms with E-state index in [-0.39, 0.29) is 10.6 Å². The first-order valence-corrected chi connectivity index (χ1v) is 11.1. The standard InChI is InChI=1S/C21H16F3IN2O5S/c1-31-15-7-11(6-14(25)18(15)32-2)8-16-19(29)27(20(30)33-16)10-17(28)26-13-5-3-4-12(9-13)21(22,23)24/h3-9H,10H2,1-2H3,(H,26,28)/b16-8-. The van der Waals surface area contributed by atoms with Gasteiger partial charge >= 0.3 is 6.18 Å². The van der Waals surface area contributed by atoms with Gasteiger partial charge in [0, 0.05) is 5.69 Å². The first-order chi connectivity index (χ1) is 15.5. The van der Waals surface area contributed by atoms with Gasteiger partial charge in [-0.1, -0.05) is 6.07 Å². The molecule has 1 heterocycles. The van der Waals surface area contributed by atoms with E-state index in [0.29, 0.717) is 28.8 Å². The summed E-state index contributed by atoms with van der Waals surface area (Å²) in [5, 5.41) is 1.61. The van der Waals surface area contributed by atoms with E-state index in [1.807, 2.05) is 22.6 Å². The highest BCUT2D eigenvalue weighted by Crippen LogP contribution is 2.37. The number of imide groups is 1. The SMILES string of the molecule is COc1cc(/C=C2\SC(=O)N(CC(=O)Nc3cccc(C(F)(F)F)c3)C2=O)cc(I)c1OC. The number of carbonyl (C=O) groups is 3. The highest BCUT2D eigenvalue weighted by molar-refractivity contribution is 14.1. The molecule has 7 nitrogen and oxygen atoms in total. The molecule has 12 heteroatoms. The van der Waals surface area contributed by atoms with Crippen LogP contribution in [-0.4, -0.2) is 42.7 Å². The summed E-state index contributed by atoms with van der Waals surface area (Å²) in [5.74, 6) is -0.530. The van der Waals surface area contributed by atoms with E-state index < -0.39 is 35.3 Å². The maximum atomic E-state index is 12.8. The van der Waals surface area contributed by atoms with Gasteiger partial charge in [0.1, 0.15) is 6.54 Å². The van der Waals surface area contributed by atoms with Gasteiger partial charge in [0.05, 0.1) is 28.3 Å². The van der Waals surface area contributed by atoms with Gasteiger partial charge < -0.3 is 14.8 Å². The number of thioether (sulfide) groups is 1. The second-order valence-corrected chi connectivity index (χ2v) is 8.79. The number of nitrogens with one attached hydrogen (secondary N) is 1. The van der Waals surface area contributed by atoms with Crippen molar-refractivity contribution in [2.24, 2.45) is 0 Å². The molecule has 0 aliphatic carbocycles. The summed E-state index contributed by atoms with van der Waals surface area (Å²) in [6, 6.07) is 7.42. The quantitative estimate of drug-likeness (QED) is 0.376. The minimum absolute atomic E-state index is 0.0925. The van der Waals surface area contributed by atoms with Crippen molar-refractivity contribution < 1.29 is 37.0 Å². The van der Waals surface area contributed by atoms with Crippen LogP contribution in [0.4, 0.5) is 23.7 Å². The lowest BCUT2D eigenvalue weighted by molar-refractivity contribution is -0.137. The molecule has 1 N–H and O–H groups in total. The Morgan fingerprint density at radius 1 is 1.18 bits per heavy atom. The van der Waals surface area contributed by atoms with Crippen molar-refractivity contribution in [3.05, 3.63) is 56.0 Å². The van der Waals surface area contributed by atoms with Crippen LogP contribution in [0.5, 0.6) is 11.5 Å². The third-order valence-corrected chi connectivity index (χ3v) is 6.11. The number of anilines is 1. The summed E-state index contributed by atoms with van der Waals surface area (Å²) < 4.78 is 49.8. The number of alkyl halides is 3. The molecule has 0 unspecified atom stereocenters. The van der Waals surface area contributed by atoms with Gasteiger partial charge in [-0.3, -0.25) is 19.3 Å². The molecule has 3 amide bonds. The number of hydrogen-bond donors (Lipinski definition) is 1. The van der Waals surface area contributed by atoms with Crippen molar-refractivity contribution in [1.82, 2.24) is 4.90 Å². The predicted octanol–water partition coefficient (Wildman–Crippen LogP) is 5.00. The zero-order valence-electron chi connectivity index (χ0n) is 17.2. The highest BCUT2D eigenvalue weighted by Gasteiger charge is 2.36. The normalized spacial score (nSPS) is 15.2. The molecule has 1 aliphatic rings. The molecule has 2 aromatic rings. The van der Waals surface area contributed by atoms with Gasteiger partial charge in [0.2, 0.25) is 5.91 Å². The summed E-state index contributed by atoms with van der Waals surface area (Å²) in [6.45, 7) is -0.637. The summed E-state index contributed by atoms with van der Waals surface area (Å²) >= 11 is 2.70. The van der Waals surface area contributed by atoms with E-state index in [1.54, 1.807) is 12.1 Å². The average molecular weight is 592 g/mol. The van der Waals surface area contributed by atoms with Crippen LogP contribution in [-0.2, 0) is 15.8 Å². The largest absolute Gasteiger partial charge is 0.493 e. The smallest absolute Gasteiger partial charge is 0.416 e. The zero-order valence-corrected chi connectivity index (χ0v) is 20.1. The minimum Gasteiger partial charge on any atom is -0.493 e. The Hall–Kier alpha value is -2.74. The molecular formula is C21H16F3IN2O5S. The minimum atomic E-state index is -4.57. The van der Waals surface area contributed by atoms with E-state index in [0.717, 1.165) is 26.7 Å². The fourth-order valence-electron chi connectivity index (χ4n) is 2.93. The first-order valence-electron chi connectivity index (χ1n) is 9.17. The van der Waals surface area contributed by atoms with Crippen molar-refractivity contribution in [3.63, 3.8) is 0 Å². The molecule has 3 rings (SSSR count). The fraction of sp³-hybridized carbons (Fsp3) is 0.190. The van der Waals surface area contributed by atoms with Gasteiger partial charge in [-0.2, -0.15) is 13.2 Å². The van der Waals surface area contributed by atoms with Crippen molar-refractivity contribution in [1.29, 1.82) is 0 Å². The highest BCUT2D eigenvalue weighted by atomic mass is 127. The lowest BCUT2D eigenvalue weighted by atomic mass is 10.2. The van der Waals surface area contributed by atoms with Crippen LogP contribution < -0.4 is 14.8 Å². The number of hydrogen-bond acceptors (Lipinski definition) is 6. The molecule has 0 aromatic heterocycles. The molecule has 0 radical (unpaired) electrons. The van der Waals surface area contributed by atoms with E-state index in [9.17, 15) is 27.6 Å². The fourth-order valence-corrected chi connectivity index (χ4v) is 4.61. The van der Waals surface area contributed by atoms with E-state index in [1.165, 1.54) is 26.4 Å². The number of carbonyl (C=O) groups excluding carboxylic acids is 3. The van der Waals surface area contributed by atoms with Crippen molar-refractivity contribution in [2.45, 2.75) is 6.18 Å². The van der Waals surface area contributed by atoms with Crippen LogP contribution >= 0.6 is 34.4 Å². The topological polar surface area (TPSA) is 84.9 Å². The van der Waals surface area contributed by atoms with E-state index >= 15 is 0 Å². The van der Waals surface area contributed by atoms with E-state index in [4.69, 9.17) is 9.47 Å². The number of benzene rings is 2. The number of methoxy groups -OCH3 is 2. The molecule has 0 saturated carbocycles. The van der Waals surface area contributed by atoms with Gasteiger partial charge in [0.15, 0.2) is 11.5 Å². The molecule has 0 bridgehead atoms. The van der Waals surface area contributed by atoms with Crippen molar-refractivity contribution >= 4 is 63.2 Å². The molecule has 2 aromatic carbocycles. The Labute approximate surface area is 204 Å². The third-order valence-electron chi connectivity index (χ3n) is 4.40. The van der Waals surface area contributed by atoms with Crippen LogP contribution in [0.2, 0.25) is 0 Å². The molecule has 1 aliphatic heterocycles. The lowest BCUT2D eigenvalue weighted by Crippen LogP contribution is -2.36. The molecule has 1 saturated heterocycles. The van der Waals surface area contributed by atoms with Gasteiger partial charge in [-0.15, -0.1) is 0 Å². The molecule has 0 spiro atoms. The molecule has 174 valence electrons. The van der Waals surface area contributed by atoms with Crippen molar-refractivity contribution in [2.75, 3.05) is 26.1 Å².